The van der Waals surface area contributed by atoms with E-state index in [9.17, 15) is 0 Å². The van der Waals surface area contributed by atoms with Crippen molar-refractivity contribution in [3.05, 3.63) is 157 Å². The second-order valence-corrected chi connectivity index (χ2v) is 16.0. The van der Waals surface area contributed by atoms with Crippen LogP contribution in [0.4, 0.5) is 0 Å². The minimum Gasteiger partial charge on any atom is -0.309 e. The Morgan fingerprint density at radius 1 is 0.415 bits per heavy atom. The Hall–Kier alpha value is -6.13. The third-order valence-corrected chi connectivity index (χ3v) is 11.7. The van der Waals surface area contributed by atoms with Crippen LogP contribution in [0.5, 0.6) is 0 Å². The van der Waals surface area contributed by atoms with Crippen molar-refractivity contribution in [3.8, 4) is 39.9 Å². The summed E-state index contributed by atoms with van der Waals surface area (Å²) in [5, 5.41) is 7.41. The molecule has 1 aliphatic carbocycles. The van der Waals surface area contributed by atoms with E-state index >= 15 is 0 Å². The first kappa shape index (κ1) is 31.6. The number of para-hydroxylation sites is 1. The molecule has 10 rings (SSSR count). The zero-order valence-electron chi connectivity index (χ0n) is 30.6. The molecule has 0 radical (unpaired) electrons. The highest BCUT2D eigenvalue weighted by Gasteiger charge is 2.37. The Bertz CT molecular complexity index is 2880. The average Bonchev–Trinajstić information content (AvgIpc) is 3.53. The average molecular weight is 685 g/mol. The van der Waals surface area contributed by atoms with E-state index in [2.05, 4.69) is 160 Å². The summed E-state index contributed by atoms with van der Waals surface area (Å²) in [5.74, 6) is 1.97. The molecule has 2 heterocycles. The summed E-state index contributed by atoms with van der Waals surface area (Å²) in [6, 6.07) is 52.1. The second kappa shape index (κ2) is 11.7. The Kier molecular flexibility index (Phi) is 6.97. The van der Waals surface area contributed by atoms with E-state index in [0.29, 0.717) is 17.5 Å². The predicted molar refractivity (Wildman–Crippen MR) is 221 cm³/mol. The van der Waals surface area contributed by atoms with Gasteiger partial charge in [0.15, 0.2) is 17.5 Å². The maximum atomic E-state index is 5.13. The summed E-state index contributed by atoms with van der Waals surface area (Å²) in [5.41, 5.74) is 9.67. The lowest BCUT2D eigenvalue weighted by Crippen LogP contribution is -2.33. The smallest absolute Gasteiger partial charge is 0.164 e. The van der Waals surface area contributed by atoms with E-state index in [-0.39, 0.29) is 10.8 Å². The first-order chi connectivity index (χ1) is 25.7. The predicted octanol–water partition coefficient (Wildman–Crippen LogP) is 12.6. The van der Waals surface area contributed by atoms with Gasteiger partial charge in [0.1, 0.15) is 0 Å². The van der Waals surface area contributed by atoms with E-state index in [1.165, 1.54) is 67.3 Å². The Morgan fingerprint density at radius 2 is 0.943 bits per heavy atom. The molecule has 0 unspecified atom stereocenters. The van der Waals surface area contributed by atoms with Crippen molar-refractivity contribution in [2.24, 2.45) is 0 Å². The van der Waals surface area contributed by atoms with Crippen LogP contribution in [0.25, 0.3) is 83.2 Å². The van der Waals surface area contributed by atoms with Crippen molar-refractivity contribution < 1.29 is 0 Å². The molecule has 0 spiro atoms. The molecule has 0 aliphatic heterocycles. The van der Waals surface area contributed by atoms with Crippen LogP contribution in [0.15, 0.2) is 146 Å². The molecule has 7 aromatic carbocycles. The maximum Gasteiger partial charge on any atom is 0.164 e. The third kappa shape index (κ3) is 5.15. The van der Waals surface area contributed by atoms with Crippen molar-refractivity contribution >= 4 is 43.4 Å². The lowest BCUT2D eigenvalue weighted by Gasteiger charge is -2.42. The monoisotopic (exact) mass is 684 g/mol. The first-order valence-electron chi connectivity index (χ1n) is 18.7. The quantitative estimate of drug-likeness (QED) is 0.173. The summed E-state index contributed by atoms with van der Waals surface area (Å²) in [6.07, 6.45) is 2.38. The Morgan fingerprint density at radius 3 is 1.66 bits per heavy atom. The lowest BCUT2D eigenvalue weighted by molar-refractivity contribution is 0.332. The van der Waals surface area contributed by atoms with Gasteiger partial charge in [-0.05, 0) is 105 Å². The molecule has 0 bridgehead atoms. The molecule has 4 heteroatoms. The Balaban J connectivity index is 1.12. The van der Waals surface area contributed by atoms with Gasteiger partial charge in [-0.25, -0.2) is 15.0 Å². The first-order valence-corrected chi connectivity index (χ1v) is 18.7. The van der Waals surface area contributed by atoms with Gasteiger partial charge in [0.2, 0.25) is 0 Å². The summed E-state index contributed by atoms with van der Waals surface area (Å²) in [7, 11) is 0. The molecule has 2 aromatic heterocycles. The zero-order valence-corrected chi connectivity index (χ0v) is 30.6. The van der Waals surface area contributed by atoms with Crippen LogP contribution >= 0.6 is 0 Å². The van der Waals surface area contributed by atoms with E-state index in [4.69, 9.17) is 15.0 Å². The van der Waals surface area contributed by atoms with E-state index in [1.54, 1.807) is 0 Å². The standard InChI is InChI=1S/C49H40N4/c1-48(2)26-27-49(3,4)42-30-44-40(29-41(42)48)38-16-10-11-17-43(38)53(44)36-24-22-34(23-25-36)46-50-45(33-13-6-5-7-14-33)51-47(52-46)35-21-20-32-19-18-31-12-8-9-15-37(31)39(32)28-35/h5-25,28-30H,26-27H2,1-4H3. The van der Waals surface area contributed by atoms with Crippen molar-refractivity contribution in [2.75, 3.05) is 0 Å². The van der Waals surface area contributed by atoms with E-state index in [1.807, 2.05) is 18.2 Å². The number of rotatable bonds is 4. The number of benzene rings is 7. The third-order valence-electron chi connectivity index (χ3n) is 11.7. The normalized spacial score (nSPS) is 14.9. The number of hydrogen-bond acceptors (Lipinski definition) is 3. The van der Waals surface area contributed by atoms with Crippen LogP contribution in [0.2, 0.25) is 0 Å². The van der Waals surface area contributed by atoms with Crippen LogP contribution in [-0.4, -0.2) is 19.5 Å². The van der Waals surface area contributed by atoms with Crippen LogP contribution in [-0.2, 0) is 10.8 Å². The van der Waals surface area contributed by atoms with Gasteiger partial charge in [-0.15, -0.1) is 0 Å². The highest BCUT2D eigenvalue weighted by atomic mass is 15.0. The largest absolute Gasteiger partial charge is 0.309 e. The molecule has 0 saturated carbocycles. The van der Waals surface area contributed by atoms with Gasteiger partial charge in [0.05, 0.1) is 11.0 Å². The molecule has 0 atom stereocenters. The van der Waals surface area contributed by atoms with Crippen molar-refractivity contribution in [3.63, 3.8) is 0 Å². The van der Waals surface area contributed by atoms with E-state index in [0.717, 1.165) is 22.4 Å². The molecule has 0 amide bonds. The van der Waals surface area contributed by atoms with Crippen molar-refractivity contribution in [1.29, 1.82) is 0 Å². The summed E-state index contributed by atoms with van der Waals surface area (Å²) in [6.45, 7) is 9.62. The van der Waals surface area contributed by atoms with Crippen molar-refractivity contribution in [2.45, 2.75) is 51.4 Å². The van der Waals surface area contributed by atoms with Gasteiger partial charge in [-0.1, -0.05) is 125 Å². The van der Waals surface area contributed by atoms with Crippen molar-refractivity contribution in [1.82, 2.24) is 19.5 Å². The molecule has 1 aliphatic rings. The SMILES string of the molecule is CC1(C)CCC(C)(C)c2cc3c(cc21)c1ccccc1n3-c1ccc(-c2nc(-c3ccccc3)nc(-c3ccc4ccc5ccccc5c4c3)n2)cc1. The second-order valence-electron chi connectivity index (χ2n) is 16.0. The molecular weight excluding hydrogens is 645 g/mol. The summed E-state index contributed by atoms with van der Waals surface area (Å²) in [4.78, 5) is 15.2. The minimum absolute atomic E-state index is 0.120. The van der Waals surface area contributed by atoms with Crippen LogP contribution in [0.1, 0.15) is 51.7 Å². The molecule has 9 aromatic rings. The molecule has 4 nitrogen and oxygen atoms in total. The van der Waals surface area contributed by atoms with Gasteiger partial charge in [0, 0.05) is 33.2 Å². The maximum absolute atomic E-state index is 5.13. The molecular formula is C49H40N4. The number of nitrogens with zero attached hydrogens (tertiary/aromatic N) is 4. The fourth-order valence-corrected chi connectivity index (χ4v) is 8.56. The van der Waals surface area contributed by atoms with Gasteiger partial charge < -0.3 is 4.57 Å². The van der Waals surface area contributed by atoms with Gasteiger partial charge in [-0.2, -0.15) is 0 Å². The van der Waals surface area contributed by atoms with Gasteiger partial charge in [-0.3, -0.25) is 0 Å². The van der Waals surface area contributed by atoms with Crippen LogP contribution in [0.3, 0.4) is 0 Å². The molecule has 0 N–H and O–H groups in total. The van der Waals surface area contributed by atoms with E-state index < -0.39 is 0 Å². The molecule has 0 saturated heterocycles. The number of aromatic nitrogens is 4. The van der Waals surface area contributed by atoms with Gasteiger partial charge in [0.25, 0.3) is 0 Å². The molecule has 53 heavy (non-hydrogen) atoms. The van der Waals surface area contributed by atoms with Crippen LogP contribution < -0.4 is 0 Å². The topological polar surface area (TPSA) is 43.6 Å². The van der Waals surface area contributed by atoms with Crippen LogP contribution in [0, 0.1) is 0 Å². The fraction of sp³-hybridized carbons (Fsp3) is 0.163. The Labute approximate surface area is 309 Å². The highest BCUT2D eigenvalue weighted by Crippen LogP contribution is 2.48. The molecule has 0 fully saturated rings. The number of hydrogen-bond donors (Lipinski definition) is 0. The summed E-state index contributed by atoms with van der Waals surface area (Å²) < 4.78 is 2.43. The summed E-state index contributed by atoms with van der Waals surface area (Å²) >= 11 is 0. The zero-order chi connectivity index (χ0) is 35.9. The van der Waals surface area contributed by atoms with Gasteiger partial charge >= 0.3 is 0 Å². The fourth-order valence-electron chi connectivity index (χ4n) is 8.56. The number of fused-ring (bicyclic) bond motifs is 7. The lowest BCUT2D eigenvalue weighted by atomic mass is 9.63. The molecule has 256 valence electrons. The minimum atomic E-state index is 0.120. The highest BCUT2D eigenvalue weighted by molar-refractivity contribution is 6.10.